The number of hydrogen-bond donors (Lipinski definition) is 2. The van der Waals surface area contributed by atoms with Crippen LogP contribution in [0, 0.1) is 5.92 Å². The topological polar surface area (TPSA) is 72.9 Å². The minimum absolute atomic E-state index is 0.0796. The SMILES string of the molecule is NCCn1cnc(C(=O)NCC2CCSCC2)c1. The molecule has 3 N–H and O–H groups in total. The van der Waals surface area contributed by atoms with Crippen LogP contribution < -0.4 is 11.1 Å². The van der Waals surface area contributed by atoms with E-state index in [1.807, 2.05) is 16.3 Å². The molecule has 2 rings (SSSR count). The van der Waals surface area contributed by atoms with E-state index in [1.165, 1.54) is 24.3 Å². The highest BCUT2D eigenvalue weighted by molar-refractivity contribution is 7.99. The van der Waals surface area contributed by atoms with Gasteiger partial charge in [0.2, 0.25) is 0 Å². The lowest BCUT2D eigenvalue weighted by atomic mass is 10.0. The summed E-state index contributed by atoms with van der Waals surface area (Å²) in [6.45, 7) is 2.01. The first kappa shape index (κ1) is 13.4. The Morgan fingerprint density at radius 1 is 1.56 bits per heavy atom. The van der Waals surface area contributed by atoms with Crippen molar-refractivity contribution >= 4 is 17.7 Å². The lowest BCUT2D eigenvalue weighted by Crippen LogP contribution is -2.31. The predicted molar refractivity (Wildman–Crippen MR) is 73.7 cm³/mol. The van der Waals surface area contributed by atoms with Gasteiger partial charge in [-0.25, -0.2) is 4.98 Å². The van der Waals surface area contributed by atoms with Gasteiger partial charge in [-0.3, -0.25) is 4.79 Å². The minimum atomic E-state index is -0.0796. The summed E-state index contributed by atoms with van der Waals surface area (Å²) in [5.41, 5.74) is 5.93. The normalized spacial score (nSPS) is 16.7. The van der Waals surface area contributed by atoms with Gasteiger partial charge >= 0.3 is 0 Å². The Labute approximate surface area is 112 Å². The molecule has 100 valence electrons. The number of imidazole rings is 1. The molecule has 0 radical (unpaired) electrons. The number of nitrogens with one attached hydrogen (secondary N) is 1. The molecule has 0 spiro atoms. The van der Waals surface area contributed by atoms with Gasteiger partial charge in [0.05, 0.1) is 6.33 Å². The van der Waals surface area contributed by atoms with Crippen molar-refractivity contribution in [2.75, 3.05) is 24.6 Å². The van der Waals surface area contributed by atoms with Gasteiger partial charge in [-0.05, 0) is 30.3 Å². The van der Waals surface area contributed by atoms with Crippen molar-refractivity contribution in [1.29, 1.82) is 0 Å². The van der Waals surface area contributed by atoms with Crippen LogP contribution in [0.1, 0.15) is 23.3 Å². The minimum Gasteiger partial charge on any atom is -0.350 e. The lowest BCUT2D eigenvalue weighted by molar-refractivity contribution is 0.0941. The second-order valence-electron chi connectivity index (χ2n) is 4.55. The van der Waals surface area contributed by atoms with E-state index in [4.69, 9.17) is 5.73 Å². The Kier molecular flexibility index (Phi) is 5.07. The molecule has 1 aromatic rings. The van der Waals surface area contributed by atoms with Crippen LogP contribution in [0.15, 0.2) is 12.5 Å². The molecule has 0 aromatic carbocycles. The highest BCUT2D eigenvalue weighted by Crippen LogP contribution is 2.21. The van der Waals surface area contributed by atoms with E-state index < -0.39 is 0 Å². The molecule has 0 atom stereocenters. The van der Waals surface area contributed by atoms with E-state index in [9.17, 15) is 4.79 Å². The molecule has 1 aliphatic rings. The van der Waals surface area contributed by atoms with E-state index in [0.717, 1.165) is 6.54 Å². The Hall–Kier alpha value is -1.01. The van der Waals surface area contributed by atoms with Crippen molar-refractivity contribution in [3.63, 3.8) is 0 Å². The highest BCUT2D eigenvalue weighted by Gasteiger charge is 2.16. The average Bonchev–Trinajstić information content (AvgIpc) is 2.86. The maximum Gasteiger partial charge on any atom is 0.271 e. The summed E-state index contributed by atoms with van der Waals surface area (Å²) in [5, 5.41) is 2.97. The zero-order chi connectivity index (χ0) is 12.8. The predicted octanol–water partition coefficient (Wildman–Crippen LogP) is 0.715. The maximum atomic E-state index is 11.9. The van der Waals surface area contributed by atoms with Crippen molar-refractivity contribution in [3.05, 3.63) is 18.2 Å². The summed E-state index contributed by atoms with van der Waals surface area (Å²) in [6.07, 6.45) is 5.80. The van der Waals surface area contributed by atoms with Gasteiger partial charge in [-0.15, -0.1) is 0 Å². The molecule has 1 fully saturated rings. The van der Waals surface area contributed by atoms with E-state index in [2.05, 4.69) is 10.3 Å². The first-order valence-corrected chi connectivity index (χ1v) is 7.53. The molecule has 0 aliphatic carbocycles. The third-order valence-corrected chi connectivity index (χ3v) is 4.19. The fourth-order valence-corrected chi connectivity index (χ4v) is 3.23. The van der Waals surface area contributed by atoms with Crippen LogP contribution in [-0.4, -0.2) is 40.1 Å². The fourth-order valence-electron chi connectivity index (χ4n) is 2.03. The number of nitrogens with zero attached hydrogens (tertiary/aromatic N) is 2. The van der Waals surface area contributed by atoms with Crippen molar-refractivity contribution in [3.8, 4) is 0 Å². The number of nitrogens with two attached hydrogens (primary N) is 1. The van der Waals surface area contributed by atoms with Gasteiger partial charge in [0, 0.05) is 25.8 Å². The van der Waals surface area contributed by atoms with Gasteiger partial charge in [0.1, 0.15) is 5.69 Å². The van der Waals surface area contributed by atoms with E-state index in [0.29, 0.717) is 24.7 Å². The number of aromatic nitrogens is 2. The number of thioether (sulfide) groups is 1. The lowest BCUT2D eigenvalue weighted by Gasteiger charge is -2.21. The summed E-state index contributed by atoms with van der Waals surface area (Å²) >= 11 is 2.00. The molecule has 18 heavy (non-hydrogen) atoms. The van der Waals surface area contributed by atoms with Crippen LogP contribution in [0.4, 0.5) is 0 Å². The molecule has 1 aromatic heterocycles. The fraction of sp³-hybridized carbons (Fsp3) is 0.667. The number of amides is 1. The summed E-state index contributed by atoms with van der Waals surface area (Å²) in [7, 11) is 0. The van der Waals surface area contributed by atoms with Crippen LogP contribution in [0.3, 0.4) is 0 Å². The summed E-state index contributed by atoms with van der Waals surface area (Å²) in [5.74, 6) is 2.97. The summed E-state index contributed by atoms with van der Waals surface area (Å²) in [4.78, 5) is 16.0. The van der Waals surface area contributed by atoms with E-state index in [1.54, 1.807) is 12.5 Å². The van der Waals surface area contributed by atoms with E-state index in [-0.39, 0.29) is 5.91 Å². The van der Waals surface area contributed by atoms with Crippen LogP contribution in [0.25, 0.3) is 0 Å². The number of rotatable bonds is 5. The quantitative estimate of drug-likeness (QED) is 0.825. The first-order chi connectivity index (χ1) is 8.79. The molecule has 1 saturated heterocycles. The molecule has 2 heterocycles. The molecule has 5 nitrogen and oxygen atoms in total. The van der Waals surface area contributed by atoms with Crippen LogP contribution >= 0.6 is 11.8 Å². The Morgan fingerprint density at radius 2 is 2.33 bits per heavy atom. The summed E-state index contributed by atoms with van der Waals surface area (Å²) < 4.78 is 1.84. The average molecular weight is 268 g/mol. The molecule has 1 amide bonds. The van der Waals surface area contributed by atoms with Crippen molar-refractivity contribution in [1.82, 2.24) is 14.9 Å². The van der Waals surface area contributed by atoms with E-state index >= 15 is 0 Å². The number of carbonyl (C=O) groups is 1. The van der Waals surface area contributed by atoms with Crippen molar-refractivity contribution in [2.45, 2.75) is 19.4 Å². The molecular weight excluding hydrogens is 248 g/mol. The number of carbonyl (C=O) groups excluding carboxylic acids is 1. The van der Waals surface area contributed by atoms with Gasteiger partial charge < -0.3 is 15.6 Å². The van der Waals surface area contributed by atoms with Crippen LogP contribution in [0.2, 0.25) is 0 Å². The third kappa shape index (κ3) is 3.74. The molecular formula is C12H20N4OS. The molecule has 0 unspecified atom stereocenters. The van der Waals surface area contributed by atoms with Gasteiger partial charge in [0.25, 0.3) is 5.91 Å². The molecule has 0 saturated carbocycles. The van der Waals surface area contributed by atoms with Crippen molar-refractivity contribution < 1.29 is 4.79 Å². The van der Waals surface area contributed by atoms with Crippen LogP contribution in [0.5, 0.6) is 0 Å². The van der Waals surface area contributed by atoms with Crippen LogP contribution in [-0.2, 0) is 6.54 Å². The Morgan fingerprint density at radius 3 is 3.06 bits per heavy atom. The highest BCUT2D eigenvalue weighted by atomic mass is 32.2. The summed E-state index contributed by atoms with van der Waals surface area (Å²) in [6, 6.07) is 0. The van der Waals surface area contributed by atoms with Gasteiger partial charge in [0.15, 0.2) is 0 Å². The largest absolute Gasteiger partial charge is 0.350 e. The Balaban J connectivity index is 1.79. The van der Waals surface area contributed by atoms with Gasteiger partial charge in [-0.2, -0.15) is 11.8 Å². The second-order valence-corrected chi connectivity index (χ2v) is 5.78. The molecule has 0 bridgehead atoms. The molecule has 6 heteroatoms. The number of hydrogen-bond acceptors (Lipinski definition) is 4. The maximum absolute atomic E-state index is 11.9. The van der Waals surface area contributed by atoms with Crippen molar-refractivity contribution in [2.24, 2.45) is 11.7 Å². The smallest absolute Gasteiger partial charge is 0.271 e. The standard InChI is InChI=1S/C12H20N4OS/c13-3-4-16-8-11(15-9-16)12(17)14-7-10-1-5-18-6-2-10/h8-10H,1-7,13H2,(H,14,17). The second kappa shape index (κ2) is 6.80. The molecule has 1 aliphatic heterocycles. The third-order valence-electron chi connectivity index (χ3n) is 3.15. The van der Waals surface area contributed by atoms with Gasteiger partial charge in [-0.1, -0.05) is 0 Å². The zero-order valence-corrected chi connectivity index (χ0v) is 11.3. The monoisotopic (exact) mass is 268 g/mol. The zero-order valence-electron chi connectivity index (χ0n) is 10.5. The first-order valence-electron chi connectivity index (χ1n) is 6.37. The Bertz CT molecular complexity index is 387.